The number of aromatic nitrogens is 8. The van der Waals surface area contributed by atoms with Crippen LogP contribution in [-0.2, 0) is 50.5 Å². The smallest absolute Gasteiger partial charge is 0.394 e. The molecule has 62 heavy (non-hydrogen) atoms. The molecule has 2 unspecified atom stereocenters. The highest BCUT2D eigenvalue weighted by Gasteiger charge is 2.47. The number of ether oxygens (including phenoxy) is 3. The minimum absolute atomic E-state index is 0.0715. The topological polar surface area (TPSA) is 432 Å². The number of aromatic amines is 2. The Kier molecular flexibility index (Phi) is 13.0. The van der Waals surface area contributed by atoms with Crippen molar-refractivity contribution in [3.8, 4) is 0 Å². The van der Waals surface area contributed by atoms with E-state index >= 15 is 0 Å². The third-order valence-electron chi connectivity index (χ3n) is 9.71. The number of fused-ring (bicyclic) bond motifs is 1. The summed E-state index contributed by atoms with van der Waals surface area (Å²) in [5.41, 5.74) is 7.95. The molecule has 0 spiro atoms. The van der Waals surface area contributed by atoms with Gasteiger partial charge in [-0.1, -0.05) is 0 Å². The number of nitrogen functional groups attached to an aromatic ring is 2. The van der Waals surface area contributed by atoms with Gasteiger partial charge in [-0.25, -0.2) is 28.3 Å². The number of imidazole rings is 1. The number of nitrogens with one attached hydrogen (secondary N) is 2. The Morgan fingerprint density at radius 2 is 1.32 bits per heavy atom. The third-order valence-corrected chi connectivity index (χ3v) is 12.3. The number of phosphoric acid groups is 3. The molecule has 4 aromatic heterocycles. The van der Waals surface area contributed by atoms with Crippen LogP contribution in [0.15, 0.2) is 44.0 Å². The Morgan fingerprint density at radius 3 is 1.90 bits per heavy atom. The van der Waals surface area contributed by atoms with Crippen LogP contribution in [0.3, 0.4) is 0 Å². The lowest BCUT2D eigenvalue weighted by Gasteiger charge is -2.24. The number of nitrogens with two attached hydrogens (primary N) is 2. The van der Waals surface area contributed by atoms with E-state index in [0.717, 1.165) is 21.7 Å². The van der Waals surface area contributed by atoms with Gasteiger partial charge >= 0.3 is 34.8 Å². The van der Waals surface area contributed by atoms with Crippen LogP contribution in [0.1, 0.15) is 43.5 Å². The summed E-state index contributed by atoms with van der Waals surface area (Å²) in [7, 11) is -15.6. The number of anilines is 2. The first kappa shape index (κ1) is 45.7. The number of hydrogen-bond donors (Lipinski definition) is 9. The van der Waals surface area contributed by atoms with Crippen LogP contribution in [0.2, 0.25) is 0 Å². The average Bonchev–Trinajstić information content (AvgIpc) is 3.96. The molecule has 0 bridgehead atoms. The van der Waals surface area contributed by atoms with Gasteiger partial charge in [-0.05, 0) is 13.0 Å². The van der Waals surface area contributed by atoms with Crippen molar-refractivity contribution in [2.45, 2.75) is 81.5 Å². The van der Waals surface area contributed by atoms with E-state index in [0.29, 0.717) is 0 Å². The second-order valence-corrected chi connectivity index (χ2v) is 18.0. The molecule has 7 rings (SSSR count). The van der Waals surface area contributed by atoms with Crippen LogP contribution in [-0.4, -0.2) is 120 Å². The lowest BCUT2D eigenvalue weighted by Crippen LogP contribution is -2.33. The summed E-state index contributed by atoms with van der Waals surface area (Å²) in [5, 5.41) is 9.90. The van der Waals surface area contributed by atoms with Crippen molar-refractivity contribution in [1.82, 2.24) is 38.6 Å². The van der Waals surface area contributed by atoms with Crippen molar-refractivity contribution >= 4 is 46.4 Å². The first-order valence-electron chi connectivity index (χ1n) is 18.1. The van der Waals surface area contributed by atoms with Gasteiger partial charge in [0.05, 0.1) is 26.1 Å². The number of aliphatic hydroxyl groups is 1. The van der Waals surface area contributed by atoms with Gasteiger partial charge in [-0.3, -0.25) is 55.9 Å². The average molecular weight is 941 g/mol. The van der Waals surface area contributed by atoms with Gasteiger partial charge in [0.2, 0.25) is 5.95 Å². The minimum atomic E-state index is -5.28. The van der Waals surface area contributed by atoms with Gasteiger partial charge in [-0.2, -0.15) is 9.97 Å². The quantitative estimate of drug-likeness (QED) is 0.0535. The van der Waals surface area contributed by atoms with E-state index in [9.17, 15) is 57.6 Å². The maximum atomic E-state index is 13.5. The zero-order valence-corrected chi connectivity index (χ0v) is 34.5. The molecular formula is C29H39N10O20P3. The molecule has 33 heteroatoms. The van der Waals surface area contributed by atoms with Crippen LogP contribution in [0.4, 0.5) is 11.8 Å². The number of H-pyrrole nitrogens is 2. The van der Waals surface area contributed by atoms with Crippen molar-refractivity contribution < 1.29 is 75.2 Å². The molecular weight excluding hydrogens is 901 g/mol. The highest BCUT2D eigenvalue weighted by Crippen LogP contribution is 2.52. The van der Waals surface area contributed by atoms with Crippen LogP contribution in [0.25, 0.3) is 11.2 Å². The molecule has 30 nitrogen and oxygen atoms in total. The van der Waals surface area contributed by atoms with Crippen LogP contribution >= 0.6 is 23.5 Å². The molecule has 340 valence electrons. The molecule has 3 fully saturated rings. The molecule has 3 saturated heterocycles. The Hall–Kier alpha value is -4.32. The normalized spacial score (nSPS) is 28.6. The van der Waals surface area contributed by atoms with E-state index in [1.165, 1.54) is 23.8 Å². The second-order valence-electron chi connectivity index (χ2n) is 14.0. The SMILES string of the molecule is Cc1cn([C@H]2C[C@H](OP(=O)(O)O)[C@@H](COP(=O)(O)O[C@H]3C[C@H](n4cnc5c(=O)[nH]c(N)nc54)O[C@@H]3COP(=O)(O)O[C@H]3C[C@H](n4ccc(N)nc4=O)O[C@@H]3CO)O2)c(=O)[nH]c1=O. The maximum absolute atomic E-state index is 13.5. The lowest BCUT2D eigenvalue weighted by atomic mass is 10.2. The summed E-state index contributed by atoms with van der Waals surface area (Å²) in [5.74, 6) is -0.367. The van der Waals surface area contributed by atoms with Crippen LogP contribution < -0.4 is 34.0 Å². The van der Waals surface area contributed by atoms with Gasteiger partial charge in [0.15, 0.2) is 11.2 Å². The first-order valence-corrected chi connectivity index (χ1v) is 22.6. The standard InChI is InChI=1S/C29H39N10O20P3/c1-12-7-38(29(44)36-25(12)41)21-5-14(57-60(45,46)47)17(55-21)9-52-62(50,51)59-15-6-22(39-11-32-23-24(39)34-27(31)35-26(23)42)56-18(15)10-53-61(48,49)58-13-4-20(54-16(13)8-40)37-3-2-19(30)33-28(37)43/h2-3,7,11,13-18,20-22,40H,4-6,8-10H2,1H3,(H,48,49)(H,50,51)(H2,30,33,43)(H,36,41,44)(H2,45,46,47)(H3,31,34,35,42)/t13-,14-,15-,16+,17+,18+,20+,21+,22+/m0/s1. The van der Waals surface area contributed by atoms with E-state index < -0.39 is 128 Å². The zero-order valence-electron chi connectivity index (χ0n) is 31.8. The molecule has 0 aromatic carbocycles. The van der Waals surface area contributed by atoms with E-state index in [4.69, 9.17) is 48.3 Å². The molecule has 11 N–H and O–H groups in total. The van der Waals surface area contributed by atoms with Crippen molar-refractivity contribution in [3.63, 3.8) is 0 Å². The van der Waals surface area contributed by atoms with E-state index in [1.54, 1.807) is 0 Å². The maximum Gasteiger partial charge on any atom is 0.472 e. The molecule has 11 atom stereocenters. The summed E-state index contributed by atoms with van der Waals surface area (Å²) in [6.45, 7) is -1.15. The summed E-state index contributed by atoms with van der Waals surface area (Å²) in [6, 6.07) is 1.31. The highest BCUT2D eigenvalue weighted by atomic mass is 31.2. The predicted molar refractivity (Wildman–Crippen MR) is 202 cm³/mol. The molecule has 3 aliphatic heterocycles. The van der Waals surface area contributed by atoms with Crippen LogP contribution in [0.5, 0.6) is 0 Å². The number of rotatable bonds is 16. The summed E-state index contributed by atoms with van der Waals surface area (Å²) >= 11 is 0. The largest absolute Gasteiger partial charge is 0.472 e. The Labute approximate surface area is 344 Å². The second kappa shape index (κ2) is 17.7. The van der Waals surface area contributed by atoms with Gasteiger partial charge in [0.1, 0.15) is 61.1 Å². The fourth-order valence-corrected chi connectivity index (χ4v) is 9.42. The lowest BCUT2D eigenvalue weighted by molar-refractivity contribution is -0.0607. The van der Waals surface area contributed by atoms with Gasteiger partial charge in [-0.15, -0.1) is 0 Å². The molecule has 0 aliphatic carbocycles. The number of aliphatic hydroxyl groups excluding tert-OH is 1. The monoisotopic (exact) mass is 940 g/mol. The van der Waals surface area contributed by atoms with E-state index in [2.05, 4.69) is 24.9 Å². The number of phosphoric ester groups is 3. The summed E-state index contributed by atoms with van der Waals surface area (Å²) in [4.78, 5) is 106. The first-order chi connectivity index (χ1) is 29.1. The van der Waals surface area contributed by atoms with Gasteiger partial charge in [0, 0.05) is 37.2 Å². The number of nitrogens with zero attached hydrogens (tertiary/aromatic N) is 6. The summed E-state index contributed by atoms with van der Waals surface area (Å²) in [6.07, 6.45) is -9.74. The van der Waals surface area contributed by atoms with Crippen molar-refractivity contribution in [2.24, 2.45) is 0 Å². The number of aryl methyl sites for hydroxylation is 1. The molecule has 7 heterocycles. The summed E-state index contributed by atoms with van der Waals surface area (Å²) < 4.78 is 85.1. The molecule has 0 radical (unpaired) electrons. The molecule has 4 aromatic rings. The van der Waals surface area contributed by atoms with Crippen molar-refractivity contribution in [3.05, 3.63) is 72.0 Å². The molecule has 0 saturated carbocycles. The van der Waals surface area contributed by atoms with Crippen LogP contribution in [0, 0.1) is 6.92 Å². The minimum Gasteiger partial charge on any atom is -0.394 e. The Morgan fingerprint density at radius 1 is 0.774 bits per heavy atom. The number of hydrogen-bond acceptors (Lipinski definition) is 21. The van der Waals surface area contributed by atoms with Crippen molar-refractivity contribution in [2.75, 3.05) is 31.3 Å². The molecule has 0 amide bonds. The highest BCUT2D eigenvalue weighted by molar-refractivity contribution is 7.47. The zero-order chi connectivity index (χ0) is 44.9. The fraction of sp³-hybridized carbons (Fsp3) is 0.552. The van der Waals surface area contributed by atoms with E-state index in [1.807, 2.05) is 0 Å². The third kappa shape index (κ3) is 10.4. The fourth-order valence-electron chi connectivity index (χ4n) is 6.92. The van der Waals surface area contributed by atoms with E-state index in [-0.39, 0.29) is 41.3 Å². The van der Waals surface area contributed by atoms with Crippen molar-refractivity contribution in [1.29, 1.82) is 0 Å². The Bertz CT molecular complexity index is 2700. The molecule has 3 aliphatic rings. The van der Waals surface area contributed by atoms with Gasteiger partial charge in [0.25, 0.3) is 11.1 Å². The van der Waals surface area contributed by atoms with Gasteiger partial charge < -0.3 is 50.4 Å². The Balaban J connectivity index is 1.07. The predicted octanol–water partition coefficient (Wildman–Crippen LogP) is -2.26.